The van der Waals surface area contributed by atoms with Gasteiger partial charge < -0.3 is 5.32 Å². The second-order valence-corrected chi connectivity index (χ2v) is 6.29. The van der Waals surface area contributed by atoms with Gasteiger partial charge in [0, 0.05) is 10.9 Å². The number of thioether (sulfide) groups is 1. The Kier molecular flexibility index (Phi) is 8.24. The quantitative estimate of drug-likeness (QED) is 0.618. The van der Waals surface area contributed by atoms with Crippen LogP contribution in [0.25, 0.3) is 0 Å². The molecule has 0 aromatic heterocycles. The van der Waals surface area contributed by atoms with Crippen LogP contribution in [0.5, 0.6) is 0 Å². The summed E-state index contributed by atoms with van der Waals surface area (Å²) in [5.74, 6) is 0.791. The molecule has 0 heterocycles. The summed E-state index contributed by atoms with van der Waals surface area (Å²) < 4.78 is 0. The molecule has 1 nitrogen and oxygen atoms in total. The molecule has 0 aliphatic carbocycles. The highest BCUT2D eigenvalue weighted by molar-refractivity contribution is 7.98. The summed E-state index contributed by atoms with van der Waals surface area (Å²) in [4.78, 5) is 1.35. The zero-order chi connectivity index (χ0) is 14.1. The third-order valence-electron chi connectivity index (χ3n) is 3.58. The van der Waals surface area contributed by atoms with Gasteiger partial charge in [0.2, 0.25) is 0 Å². The second-order valence-electron chi connectivity index (χ2n) is 5.41. The molecule has 2 heteroatoms. The molecule has 0 fully saturated rings. The van der Waals surface area contributed by atoms with Gasteiger partial charge >= 0.3 is 0 Å². The number of rotatable bonds is 9. The average molecular weight is 279 g/mol. The molecule has 19 heavy (non-hydrogen) atoms. The van der Waals surface area contributed by atoms with Crippen LogP contribution in [0, 0.1) is 5.92 Å². The van der Waals surface area contributed by atoms with E-state index < -0.39 is 0 Å². The fourth-order valence-electron chi connectivity index (χ4n) is 2.51. The summed E-state index contributed by atoms with van der Waals surface area (Å²) in [6.07, 6.45) is 7.18. The molecular weight excluding hydrogens is 250 g/mol. The summed E-state index contributed by atoms with van der Waals surface area (Å²) in [7, 11) is 0. The molecule has 0 saturated heterocycles. The highest BCUT2D eigenvalue weighted by Gasteiger charge is 2.14. The van der Waals surface area contributed by atoms with Crippen LogP contribution in [0.2, 0.25) is 0 Å². The Labute approximate surface area is 123 Å². The highest BCUT2D eigenvalue weighted by atomic mass is 32.2. The Morgan fingerprint density at radius 2 is 1.79 bits per heavy atom. The molecule has 1 aromatic carbocycles. The van der Waals surface area contributed by atoms with E-state index >= 15 is 0 Å². The van der Waals surface area contributed by atoms with E-state index in [1.54, 1.807) is 0 Å². The Morgan fingerprint density at radius 3 is 2.32 bits per heavy atom. The molecule has 2 atom stereocenters. The first-order valence-corrected chi connectivity index (χ1v) is 8.81. The number of hydrogen-bond donors (Lipinski definition) is 1. The first-order valence-electron chi connectivity index (χ1n) is 7.58. The molecule has 108 valence electrons. The van der Waals surface area contributed by atoms with E-state index in [0.29, 0.717) is 6.04 Å². The molecule has 0 spiro atoms. The minimum Gasteiger partial charge on any atom is -0.310 e. The van der Waals surface area contributed by atoms with Gasteiger partial charge in [-0.1, -0.05) is 45.7 Å². The van der Waals surface area contributed by atoms with Gasteiger partial charge in [0.15, 0.2) is 0 Å². The van der Waals surface area contributed by atoms with Crippen molar-refractivity contribution in [1.82, 2.24) is 5.32 Å². The lowest BCUT2D eigenvalue weighted by Crippen LogP contribution is -2.24. The Bertz CT molecular complexity index is 334. The average Bonchev–Trinajstić information content (AvgIpc) is 2.44. The molecule has 0 radical (unpaired) electrons. The van der Waals surface area contributed by atoms with Gasteiger partial charge in [-0.05, 0) is 49.3 Å². The van der Waals surface area contributed by atoms with Crippen LogP contribution < -0.4 is 5.32 Å². The molecular formula is C17H29NS. The summed E-state index contributed by atoms with van der Waals surface area (Å²) in [5.41, 5.74) is 1.44. The third kappa shape index (κ3) is 6.01. The largest absolute Gasteiger partial charge is 0.310 e. The topological polar surface area (TPSA) is 12.0 Å². The third-order valence-corrected chi connectivity index (χ3v) is 4.32. The van der Waals surface area contributed by atoms with E-state index in [9.17, 15) is 0 Å². The molecule has 1 N–H and O–H groups in total. The Hall–Kier alpha value is -0.470. The Morgan fingerprint density at radius 1 is 1.11 bits per heavy atom. The molecule has 0 aliphatic rings. The van der Waals surface area contributed by atoms with Crippen LogP contribution in [-0.4, -0.2) is 12.8 Å². The van der Waals surface area contributed by atoms with Crippen LogP contribution in [0.4, 0.5) is 0 Å². The van der Waals surface area contributed by atoms with Gasteiger partial charge in [-0.3, -0.25) is 0 Å². The highest BCUT2D eigenvalue weighted by Crippen LogP contribution is 2.25. The number of nitrogens with one attached hydrogen (secondary N) is 1. The fourth-order valence-corrected chi connectivity index (χ4v) is 2.91. The van der Waals surface area contributed by atoms with E-state index in [1.165, 1.54) is 36.1 Å². The zero-order valence-corrected chi connectivity index (χ0v) is 13.7. The maximum Gasteiger partial charge on any atom is 0.0322 e. The van der Waals surface area contributed by atoms with Gasteiger partial charge in [-0.2, -0.15) is 0 Å². The molecule has 0 aliphatic heterocycles. The van der Waals surface area contributed by atoms with Crippen molar-refractivity contribution in [3.63, 3.8) is 0 Å². The smallest absolute Gasteiger partial charge is 0.0322 e. The number of hydrogen-bond acceptors (Lipinski definition) is 2. The van der Waals surface area contributed by atoms with Gasteiger partial charge in [-0.25, -0.2) is 0 Å². The van der Waals surface area contributed by atoms with Crippen LogP contribution in [0.1, 0.15) is 58.1 Å². The molecule has 0 saturated carbocycles. The zero-order valence-electron chi connectivity index (χ0n) is 12.9. The molecule has 0 bridgehead atoms. The second kappa shape index (κ2) is 9.44. The summed E-state index contributed by atoms with van der Waals surface area (Å²) >= 11 is 1.81. The maximum atomic E-state index is 3.71. The lowest BCUT2D eigenvalue weighted by molar-refractivity contribution is 0.390. The van der Waals surface area contributed by atoms with Crippen molar-refractivity contribution < 1.29 is 0 Å². The van der Waals surface area contributed by atoms with Crippen molar-refractivity contribution in [1.29, 1.82) is 0 Å². The van der Waals surface area contributed by atoms with E-state index in [-0.39, 0.29) is 0 Å². The molecule has 1 rings (SSSR count). The van der Waals surface area contributed by atoms with Gasteiger partial charge in [-0.15, -0.1) is 11.8 Å². The Balaban J connectivity index is 2.70. The van der Waals surface area contributed by atoms with Crippen molar-refractivity contribution in [2.45, 2.75) is 57.4 Å². The van der Waals surface area contributed by atoms with Gasteiger partial charge in [0.1, 0.15) is 0 Å². The van der Waals surface area contributed by atoms with Crippen molar-refractivity contribution >= 4 is 11.8 Å². The minimum atomic E-state index is 0.511. The first kappa shape index (κ1) is 16.6. The van der Waals surface area contributed by atoms with E-state index in [2.05, 4.69) is 56.6 Å². The lowest BCUT2D eigenvalue weighted by Gasteiger charge is -2.23. The van der Waals surface area contributed by atoms with Crippen LogP contribution in [0.15, 0.2) is 29.2 Å². The van der Waals surface area contributed by atoms with Crippen LogP contribution >= 0.6 is 11.8 Å². The van der Waals surface area contributed by atoms with Crippen molar-refractivity contribution in [3.8, 4) is 0 Å². The van der Waals surface area contributed by atoms with Crippen LogP contribution in [-0.2, 0) is 0 Å². The van der Waals surface area contributed by atoms with Crippen molar-refractivity contribution in [2.24, 2.45) is 5.92 Å². The predicted octanol–water partition coefficient (Wildman–Crippen LogP) is 5.28. The van der Waals surface area contributed by atoms with Gasteiger partial charge in [0.05, 0.1) is 0 Å². The summed E-state index contributed by atoms with van der Waals surface area (Å²) in [6, 6.07) is 9.57. The summed E-state index contributed by atoms with van der Waals surface area (Å²) in [5, 5.41) is 3.71. The summed E-state index contributed by atoms with van der Waals surface area (Å²) in [6.45, 7) is 7.99. The standard InChI is InChI=1S/C17H29NS/c1-5-7-14(3)13-17(18-12-6-2)15-8-10-16(19-4)11-9-15/h8-11,14,17-18H,5-7,12-13H2,1-4H3. The van der Waals surface area contributed by atoms with Crippen molar-refractivity contribution in [3.05, 3.63) is 29.8 Å². The molecule has 0 amide bonds. The maximum absolute atomic E-state index is 3.71. The van der Waals surface area contributed by atoms with E-state index in [1.807, 2.05) is 11.8 Å². The molecule has 2 unspecified atom stereocenters. The van der Waals surface area contributed by atoms with E-state index in [4.69, 9.17) is 0 Å². The van der Waals surface area contributed by atoms with E-state index in [0.717, 1.165) is 12.5 Å². The predicted molar refractivity (Wildman–Crippen MR) is 87.9 cm³/mol. The minimum absolute atomic E-state index is 0.511. The van der Waals surface area contributed by atoms with Crippen molar-refractivity contribution in [2.75, 3.05) is 12.8 Å². The first-order chi connectivity index (χ1) is 9.21. The number of benzene rings is 1. The normalized spacial score (nSPS) is 14.3. The van der Waals surface area contributed by atoms with Crippen LogP contribution in [0.3, 0.4) is 0 Å². The SMILES string of the molecule is CCCNC(CC(C)CCC)c1ccc(SC)cc1. The fraction of sp³-hybridized carbons (Fsp3) is 0.647. The lowest BCUT2D eigenvalue weighted by atomic mass is 9.93. The van der Waals surface area contributed by atoms with Gasteiger partial charge in [0.25, 0.3) is 0 Å². The monoisotopic (exact) mass is 279 g/mol. The molecule has 1 aromatic rings.